The molecule has 1 aliphatic rings. The van der Waals surface area contributed by atoms with E-state index < -0.39 is 0 Å². The summed E-state index contributed by atoms with van der Waals surface area (Å²) in [5.41, 5.74) is 2.83. The fourth-order valence-electron chi connectivity index (χ4n) is 3.99. The minimum atomic E-state index is -0.383. The SMILES string of the molecule is COc1ccc(CCN(C)C(=O)c2ccc3c(c2)C(=O)N(Cc2ccccc2)C3=O)cc1OC. The van der Waals surface area contributed by atoms with Crippen LogP contribution in [0, 0.1) is 0 Å². The number of likely N-dealkylation sites (N-methyl/N-ethyl adjacent to an activating group) is 1. The fourth-order valence-corrected chi connectivity index (χ4v) is 3.99. The Balaban J connectivity index is 1.45. The lowest BCUT2D eigenvalue weighted by Crippen LogP contribution is -2.29. The summed E-state index contributed by atoms with van der Waals surface area (Å²) in [7, 11) is 4.88. The summed E-state index contributed by atoms with van der Waals surface area (Å²) in [6.07, 6.45) is 0.621. The Bertz CT molecular complexity index is 1240. The van der Waals surface area contributed by atoms with E-state index in [9.17, 15) is 14.4 Å². The zero-order valence-corrected chi connectivity index (χ0v) is 19.4. The highest BCUT2D eigenvalue weighted by Gasteiger charge is 2.36. The molecular weight excluding hydrogens is 432 g/mol. The molecule has 0 saturated heterocycles. The van der Waals surface area contributed by atoms with E-state index in [0.717, 1.165) is 11.1 Å². The van der Waals surface area contributed by atoms with Crippen LogP contribution in [0.4, 0.5) is 0 Å². The number of nitrogens with zero attached hydrogens (tertiary/aromatic N) is 2. The number of rotatable bonds is 8. The Kier molecular flexibility index (Phi) is 6.63. The standard InChI is InChI=1S/C27H26N2O5/c1-28(14-13-18-9-12-23(33-2)24(15-18)34-3)25(30)20-10-11-21-22(16-20)27(32)29(26(21)31)17-19-7-5-4-6-8-19/h4-12,15-16H,13-14,17H2,1-3H3. The van der Waals surface area contributed by atoms with Crippen LogP contribution in [0.25, 0.3) is 0 Å². The maximum Gasteiger partial charge on any atom is 0.261 e. The molecule has 3 amide bonds. The van der Waals surface area contributed by atoms with E-state index in [4.69, 9.17) is 9.47 Å². The molecule has 0 radical (unpaired) electrons. The van der Waals surface area contributed by atoms with Crippen molar-refractivity contribution < 1.29 is 23.9 Å². The Morgan fingerprint density at radius 1 is 0.824 bits per heavy atom. The van der Waals surface area contributed by atoms with Gasteiger partial charge in [-0.25, -0.2) is 0 Å². The molecular formula is C27H26N2O5. The lowest BCUT2D eigenvalue weighted by atomic mass is 10.0. The summed E-state index contributed by atoms with van der Waals surface area (Å²) in [5.74, 6) is 0.339. The lowest BCUT2D eigenvalue weighted by molar-refractivity contribution is 0.0642. The molecule has 0 aromatic heterocycles. The number of benzene rings is 3. The molecule has 3 aromatic carbocycles. The maximum absolute atomic E-state index is 13.0. The fraction of sp³-hybridized carbons (Fsp3) is 0.222. The number of hydrogen-bond acceptors (Lipinski definition) is 5. The van der Waals surface area contributed by atoms with Gasteiger partial charge in [0, 0.05) is 19.2 Å². The van der Waals surface area contributed by atoms with Crippen molar-refractivity contribution in [3.05, 3.63) is 94.5 Å². The van der Waals surface area contributed by atoms with Crippen LogP contribution in [0.2, 0.25) is 0 Å². The average Bonchev–Trinajstić information content (AvgIpc) is 3.11. The molecule has 34 heavy (non-hydrogen) atoms. The summed E-state index contributed by atoms with van der Waals surface area (Å²) >= 11 is 0. The molecule has 3 aromatic rings. The van der Waals surface area contributed by atoms with Gasteiger partial charge in [-0.3, -0.25) is 19.3 Å². The van der Waals surface area contributed by atoms with Gasteiger partial charge in [0.15, 0.2) is 11.5 Å². The van der Waals surface area contributed by atoms with Crippen LogP contribution in [-0.4, -0.2) is 55.3 Å². The first-order valence-electron chi connectivity index (χ1n) is 10.9. The molecule has 7 nitrogen and oxygen atoms in total. The number of amides is 3. The van der Waals surface area contributed by atoms with Crippen molar-refractivity contribution >= 4 is 17.7 Å². The van der Waals surface area contributed by atoms with Crippen molar-refractivity contribution in [2.45, 2.75) is 13.0 Å². The summed E-state index contributed by atoms with van der Waals surface area (Å²) in [6.45, 7) is 0.667. The zero-order chi connectivity index (χ0) is 24.2. The number of ether oxygens (including phenoxy) is 2. The highest BCUT2D eigenvalue weighted by atomic mass is 16.5. The van der Waals surface area contributed by atoms with Crippen molar-refractivity contribution in [1.82, 2.24) is 9.80 Å². The Morgan fingerprint density at radius 2 is 1.53 bits per heavy atom. The third-order valence-electron chi connectivity index (χ3n) is 5.93. The maximum atomic E-state index is 13.0. The van der Waals surface area contributed by atoms with E-state index >= 15 is 0 Å². The van der Waals surface area contributed by atoms with Gasteiger partial charge in [-0.15, -0.1) is 0 Å². The van der Waals surface area contributed by atoms with Crippen LogP contribution in [0.1, 0.15) is 42.2 Å². The van der Waals surface area contributed by atoms with Crippen molar-refractivity contribution in [3.63, 3.8) is 0 Å². The number of carbonyl (C=O) groups is 3. The van der Waals surface area contributed by atoms with E-state index in [0.29, 0.717) is 35.6 Å². The zero-order valence-electron chi connectivity index (χ0n) is 19.4. The van der Waals surface area contributed by atoms with Crippen molar-refractivity contribution in [3.8, 4) is 11.5 Å². The largest absolute Gasteiger partial charge is 0.493 e. The minimum absolute atomic E-state index is 0.196. The highest BCUT2D eigenvalue weighted by molar-refractivity contribution is 6.22. The Labute approximate surface area is 198 Å². The number of hydrogen-bond donors (Lipinski definition) is 0. The van der Waals surface area contributed by atoms with Gasteiger partial charge in [-0.05, 0) is 47.9 Å². The van der Waals surface area contributed by atoms with Crippen LogP contribution >= 0.6 is 0 Å². The molecule has 0 bridgehead atoms. The second-order valence-corrected chi connectivity index (χ2v) is 8.11. The summed E-state index contributed by atoms with van der Waals surface area (Å²) in [4.78, 5) is 41.5. The molecule has 7 heteroatoms. The first-order chi connectivity index (χ1) is 16.4. The smallest absolute Gasteiger partial charge is 0.261 e. The third kappa shape index (κ3) is 4.50. The summed E-state index contributed by atoms with van der Waals surface area (Å²) in [5, 5.41) is 0. The molecule has 1 aliphatic heterocycles. The van der Waals surface area contributed by atoms with Gasteiger partial charge < -0.3 is 14.4 Å². The third-order valence-corrected chi connectivity index (χ3v) is 5.93. The number of carbonyl (C=O) groups excluding carboxylic acids is 3. The molecule has 0 N–H and O–H groups in total. The van der Waals surface area contributed by atoms with Crippen LogP contribution in [-0.2, 0) is 13.0 Å². The predicted molar refractivity (Wildman–Crippen MR) is 127 cm³/mol. The lowest BCUT2D eigenvalue weighted by Gasteiger charge is -2.18. The van der Waals surface area contributed by atoms with E-state index in [1.54, 1.807) is 38.3 Å². The molecule has 0 aliphatic carbocycles. The highest BCUT2D eigenvalue weighted by Crippen LogP contribution is 2.28. The van der Waals surface area contributed by atoms with Crippen molar-refractivity contribution in [2.24, 2.45) is 0 Å². The molecule has 0 unspecified atom stereocenters. The topological polar surface area (TPSA) is 76.2 Å². The molecule has 4 rings (SSSR count). The van der Waals surface area contributed by atoms with E-state index in [2.05, 4.69) is 0 Å². The first-order valence-corrected chi connectivity index (χ1v) is 10.9. The molecule has 0 saturated carbocycles. The number of imide groups is 1. The summed E-state index contributed by atoms with van der Waals surface area (Å²) in [6, 6.07) is 19.7. The van der Waals surface area contributed by atoms with Crippen LogP contribution in [0.3, 0.4) is 0 Å². The van der Waals surface area contributed by atoms with Gasteiger partial charge in [0.1, 0.15) is 0 Å². The van der Waals surface area contributed by atoms with Crippen LogP contribution in [0.15, 0.2) is 66.7 Å². The Morgan fingerprint density at radius 3 is 2.24 bits per heavy atom. The van der Waals surface area contributed by atoms with E-state index in [1.165, 1.54) is 11.0 Å². The normalized spacial score (nSPS) is 12.5. The predicted octanol–water partition coefficient (Wildman–Crippen LogP) is 3.81. The van der Waals surface area contributed by atoms with E-state index in [1.807, 2.05) is 48.5 Å². The van der Waals surface area contributed by atoms with Crippen molar-refractivity contribution in [2.75, 3.05) is 27.8 Å². The second kappa shape index (κ2) is 9.79. The molecule has 0 fully saturated rings. The Hall–Kier alpha value is -4.13. The van der Waals surface area contributed by atoms with Gasteiger partial charge in [0.05, 0.1) is 31.9 Å². The van der Waals surface area contributed by atoms with Gasteiger partial charge in [-0.1, -0.05) is 36.4 Å². The number of fused-ring (bicyclic) bond motifs is 1. The average molecular weight is 459 g/mol. The van der Waals surface area contributed by atoms with Gasteiger partial charge in [0.25, 0.3) is 17.7 Å². The molecule has 1 heterocycles. The van der Waals surface area contributed by atoms with Gasteiger partial charge in [0.2, 0.25) is 0 Å². The second-order valence-electron chi connectivity index (χ2n) is 8.11. The van der Waals surface area contributed by atoms with Gasteiger partial charge >= 0.3 is 0 Å². The van der Waals surface area contributed by atoms with Crippen LogP contribution in [0.5, 0.6) is 11.5 Å². The van der Waals surface area contributed by atoms with E-state index in [-0.39, 0.29) is 29.8 Å². The number of methoxy groups -OCH3 is 2. The van der Waals surface area contributed by atoms with Crippen molar-refractivity contribution in [1.29, 1.82) is 0 Å². The first kappa shape index (κ1) is 23.0. The minimum Gasteiger partial charge on any atom is -0.493 e. The quantitative estimate of drug-likeness (QED) is 0.480. The van der Waals surface area contributed by atoms with Gasteiger partial charge in [-0.2, -0.15) is 0 Å². The molecule has 0 spiro atoms. The molecule has 174 valence electrons. The monoisotopic (exact) mass is 458 g/mol. The van der Waals surface area contributed by atoms with Crippen LogP contribution < -0.4 is 9.47 Å². The molecule has 0 atom stereocenters. The summed E-state index contributed by atoms with van der Waals surface area (Å²) < 4.78 is 10.6.